The fourth-order valence-electron chi connectivity index (χ4n) is 7.53. The number of ether oxygens (including phenoxy) is 3. The maximum atomic E-state index is 13.1. The Morgan fingerprint density at radius 3 is 2.44 bits per heavy atom. The van der Waals surface area contributed by atoms with E-state index < -0.39 is 23.1 Å². The number of carboxylic acid groups (broad SMARTS) is 1. The van der Waals surface area contributed by atoms with Crippen LogP contribution in [0.5, 0.6) is 5.75 Å². The third-order valence-corrected chi connectivity index (χ3v) is 9.94. The van der Waals surface area contributed by atoms with E-state index in [4.69, 9.17) is 19.9 Å². The Morgan fingerprint density at radius 2 is 1.76 bits per heavy atom. The van der Waals surface area contributed by atoms with Crippen LogP contribution in [0.3, 0.4) is 0 Å². The molecule has 1 amide bonds. The lowest BCUT2D eigenvalue weighted by molar-refractivity contribution is -0.237. The summed E-state index contributed by atoms with van der Waals surface area (Å²) >= 11 is 0. The molecule has 4 aliphatic rings. The summed E-state index contributed by atoms with van der Waals surface area (Å²) in [5.74, 6) is -1.33. The van der Waals surface area contributed by atoms with Crippen molar-refractivity contribution in [3.8, 4) is 5.75 Å². The second-order valence-electron chi connectivity index (χ2n) is 12.1. The Morgan fingerprint density at radius 1 is 1.00 bits per heavy atom. The molecule has 41 heavy (non-hydrogen) atoms. The zero-order valence-electron chi connectivity index (χ0n) is 23.6. The summed E-state index contributed by atoms with van der Waals surface area (Å²) in [5.41, 5.74) is 8.76. The van der Waals surface area contributed by atoms with Crippen molar-refractivity contribution in [2.24, 2.45) is 17.1 Å². The number of carbonyl (C=O) groups excluding carboxylic acids is 1. The molecule has 1 saturated carbocycles. The van der Waals surface area contributed by atoms with E-state index in [2.05, 4.69) is 23.1 Å². The van der Waals surface area contributed by atoms with Gasteiger partial charge < -0.3 is 30.0 Å². The average molecular weight is 561 g/mol. The second kappa shape index (κ2) is 11.4. The first-order valence-electron chi connectivity index (χ1n) is 15.0. The molecule has 3 aliphatic heterocycles. The molecule has 3 heterocycles. The minimum atomic E-state index is -1.47. The van der Waals surface area contributed by atoms with Gasteiger partial charge in [-0.3, -0.25) is 4.79 Å². The Kier molecular flexibility index (Phi) is 7.68. The van der Waals surface area contributed by atoms with Crippen LogP contribution in [0.1, 0.15) is 67.6 Å². The van der Waals surface area contributed by atoms with Gasteiger partial charge in [0.05, 0.1) is 13.0 Å². The molecule has 0 bridgehead atoms. The van der Waals surface area contributed by atoms with Crippen molar-refractivity contribution in [1.29, 1.82) is 0 Å². The number of aliphatic carboxylic acids is 1. The predicted molar refractivity (Wildman–Crippen MR) is 153 cm³/mol. The highest BCUT2D eigenvalue weighted by molar-refractivity contribution is 5.86. The number of rotatable bonds is 9. The largest absolute Gasteiger partial charge is 0.493 e. The first-order chi connectivity index (χ1) is 19.9. The van der Waals surface area contributed by atoms with E-state index in [0.29, 0.717) is 24.7 Å². The van der Waals surface area contributed by atoms with Crippen molar-refractivity contribution in [2.45, 2.75) is 69.5 Å². The van der Waals surface area contributed by atoms with Gasteiger partial charge in [-0.2, -0.15) is 0 Å². The molecule has 218 valence electrons. The van der Waals surface area contributed by atoms with Crippen LogP contribution in [-0.2, 0) is 31.9 Å². The molecule has 1 atom stereocenters. The Hall–Kier alpha value is -3.52. The van der Waals surface area contributed by atoms with Gasteiger partial charge in [-0.1, -0.05) is 42.5 Å². The Balaban J connectivity index is 1.07. The molecule has 6 rings (SSSR count). The second-order valence-corrected chi connectivity index (χ2v) is 12.1. The van der Waals surface area contributed by atoms with Gasteiger partial charge in [0.1, 0.15) is 17.4 Å². The van der Waals surface area contributed by atoms with Gasteiger partial charge in [0.25, 0.3) is 5.79 Å². The van der Waals surface area contributed by atoms with Gasteiger partial charge in [-0.25, -0.2) is 4.79 Å². The van der Waals surface area contributed by atoms with E-state index in [0.717, 1.165) is 69.5 Å². The summed E-state index contributed by atoms with van der Waals surface area (Å²) in [5, 5.41) is 9.59. The van der Waals surface area contributed by atoms with E-state index in [1.807, 2.05) is 30.3 Å². The summed E-state index contributed by atoms with van der Waals surface area (Å²) in [6, 6.07) is 16.1. The third kappa shape index (κ3) is 5.30. The lowest BCUT2D eigenvalue weighted by Gasteiger charge is -2.48. The highest BCUT2D eigenvalue weighted by Gasteiger charge is 2.63. The quantitative estimate of drug-likeness (QED) is 0.455. The number of carbonyl (C=O) groups is 2. The Labute approximate surface area is 241 Å². The molecule has 0 radical (unpaired) electrons. The lowest BCUT2D eigenvalue weighted by atomic mass is 9.63. The van der Waals surface area contributed by atoms with Gasteiger partial charge in [0.15, 0.2) is 0 Å². The van der Waals surface area contributed by atoms with Gasteiger partial charge in [0.2, 0.25) is 11.7 Å². The number of hydrogen-bond acceptors (Lipinski definition) is 6. The zero-order chi connectivity index (χ0) is 28.5. The van der Waals surface area contributed by atoms with Gasteiger partial charge in [-0.15, -0.1) is 0 Å². The Bertz CT molecular complexity index is 1290. The topological polar surface area (TPSA) is 111 Å². The molecule has 1 unspecified atom stereocenters. The maximum absolute atomic E-state index is 13.1. The highest BCUT2D eigenvalue weighted by atomic mass is 16.7. The van der Waals surface area contributed by atoms with Crippen LogP contribution in [0.25, 0.3) is 0 Å². The van der Waals surface area contributed by atoms with Crippen molar-refractivity contribution in [3.63, 3.8) is 0 Å². The van der Waals surface area contributed by atoms with Crippen molar-refractivity contribution < 1.29 is 28.9 Å². The van der Waals surface area contributed by atoms with Crippen LogP contribution < -0.4 is 10.5 Å². The lowest BCUT2D eigenvalue weighted by Crippen LogP contribution is -2.59. The smallest absolute Gasteiger partial charge is 0.374 e. The van der Waals surface area contributed by atoms with Crippen molar-refractivity contribution in [3.05, 3.63) is 77.2 Å². The average Bonchev–Trinajstić information content (AvgIpc) is 3.66. The van der Waals surface area contributed by atoms with E-state index in [1.54, 1.807) is 0 Å². The number of nitrogens with zero attached hydrogens (tertiary/aromatic N) is 1. The van der Waals surface area contributed by atoms with Gasteiger partial charge >= 0.3 is 5.97 Å². The monoisotopic (exact) mass is 560 g/mol. The maximum Gasteiger partial charge on any atom is 0.374 e. The SMILES string of the molecule is NC(=O)C1(C2(Cc3ccccc3)OC=C(C(=O)O)O2)CCC(CCN2CCC(c3cccc4c3CCO4)CC2)CC1. The summed E-state index contributed by atoms with van der Waals surface area (Å²) in [4.78, 5) is 27.5. The summed E-state index contributed by atoms with van der Waals surface area (Å²) in [6.45, 7) is 4.04. The van der Waals surface area contributed by atoms with Crippen molar-refractivity contribution in [2.75, 3.05) is 26.2 Å². The van der Waals surface area contributed by atoms with E-state index in [1.165, 1.54) is 24.0 Å². The standard InChI is InChI=1S/C33H40N2O6/c34-31(38)32(33(21-24-5-2-1-3-6-24)40-22-29(41-33)30(36)37)15-9-23(10-16-32)11-17-35-18-12-25(13-19-35)26-7-4-8-28-27(26)14-20-39-28/h1-8,22-23,25H,9-21H2,(H2,34,38)(H,36,37). The first kappa shape index (κ1) is 27.6. The molecular formula is C33H40N2O6. The van der Waals surface area contributed by atoms with Crippen LogP contribution in [0.15, 0.2) is 60.6 Å². The number of primary amides is 1. The van der Waals surface area contributed by atoms with E-state index in [-0.39, 0.29) is 12.2 Å². The van der Waals surface area contributed by atoms with E-state index in [9.17, 15) is 14.7 Å². The molecule has 2 fully saturated rings. The summed E-state index contributed by atoms with van der Waals surface area (Å²) in [6.07, 6.45) is 8.44. The molecule has 3 N–H and O–H groups in total. The number of benzene rings is 2. The molecule has 8 nitrogen and oxygen atoms in total. The molecular weight excluding hydrogens is 520 g/mol. The van der Waals surface area contributed by atoms with Crippen LogP contribution in [0.2, 0.25) is 0 Å². The van der Waals surface area contributed by atoms with E-state index >= 15 is 0 Å². The zero-order valence-corrected chi connectivity index (χ0v) is 23.6. The summed E-state index contributed by atoms with van der Waals surface area (Å²) < 4.78 is 17.8. The molecule has 0 spiro atoms. The number of nitrogens with two attached hydrogens (primary N) is 1. The van der Waals surface area contributed by atoms with Crippen molar-refractivity contribution in [1.82, 2.24) is 4.90 Å². The first-order valence-corrected chi connectivity index (χ1v) is 15.0. The van der Waals surface area contributed by atoms with Gasteiger partial charge in [0, 0.05) is 12.0 Å². The van der Waals surface area contributed by atoms with Crippen molar-refractivity contribution >= 4 is 11.9 Å². The normalized spacial score (nSPS) is 28.2. The molecule has 1 aliphatic carbocycles. The fraction of sp³-hybridized carbons (Fsp3) is 0.515. The number of carboxylic acids is 1. The van der Waals surface area contributed by atoms with Crippen LogP contribution >= 0.6 is 0 Å². The van der Waals surface area contributed by atoms with Gasteiger partial charge in [-0.05, 0) is 93.6 Å². The minimum Gasteiger partial charge on any atom is -0.493 e. The van der Waals surface area contributed by atoms with Crippen LogP contribution in [0.4, 0.5) is 0 Å². The summed E-state index contributed by atoms with van der Waals surface area (Å²) in [7, 11) is 0. The number of fused-ring (bicyclic) bond motifs is 1. The third-order valence-electron chi connectivity index (χ3n) is 9.94. The number of amides is 1. The molecule has 1 saturated heterocycles. The molecule has 2 aromatic carbocycles. The molecule has 2 aromatic rings. The van der Waals surface area contributed by atoms with Crippen LogP contribution in [-0.4, -0.2) is 53.9 Å². The predicted octanol–water partition coefficient (Wildman–Crippen LogP) is 4.76. The highest BCUT2D eigenvalue weighted by Crippen LogP contribution is 2.53. The van der Waals surface area contributed by atoms with Crippen LogP contribution in [0, 0.1) is 11.3 Å². The fourth-order valence-corrected chi connectivity index (χ4v) is 7.53. The number of hydrogen-bond donors (Lipinski definition) is 2. The molecule has 8 heteroatoms. The number of likely N-dealkylation sites (tertiary alicyclic amines) is 1. The minimum absolute atomic E-state index is 0.237. The number of piperidine rings is 1. The molecule has 0 aromatic heterocycles.